The number of benzene rings is 1. The highest BCUT2D eigenvalue weighted by Gasteiger charge is 2.32. The van der Waals surface area contributed by atoms with E-state index in [1.54, 1.807) is 0 Å². The van der Waals surface area contributed by atoms with E-state index in [1.807, 2.05) is 13.8 Å². The second-order valence-electron chi connectivity index (χ2n) is 5.24. The van der Waals surface area contributed by atoms with Crippen LogP contribution in [0.5, 0.6) is 0 Å². The topological polar surface area (TPSA) is 37.3 Å². The fourth-order valence-corrected chi connectivity index (χ4v) is 2.07. The first-order valence-corrected chi connectivity index (χ1v) is 6.19. The first kappa shape index (κ1) is 13.8. The van der Waals surface area contributed by atoms with Crippen molar-refractivity contribution >= 4 is 5.97 Å². The number of aliphatic carboxylic acids is 1. The van der Waals surface area contributed by atoms with E-state index >= 15 is 0 Å². The van der Waals surface area contributed by atoms with E-state index in [0.717, 1.165) is 0 Å². The molecule has 2 atom stereocenters. The second kappa shape index (κ2) is 5.35. The summed E-state index contributed by atoms with van der Waals surface area (Å²) in [5.74, 6) is -0.421. The van der Waals surface area contributed by atoms with Crippen molar-refractivity contribution in [2.75, 3.05) is 0 Å². The molecule has 2 nitrogen and oxygen atoms in total. The first-order valence-electron chi connectivity index (χ1n) is 6.19. The average molecular weight is 234 g/mol. The van der Waals surface area contributed by atoms with E-state index in [4.69, 9.17) is 0 Å². The maximum atomic E-state index is 11.3. The normalized spacial score (nSPS) is 16.2. The Morgan fingerprint density at radius 1 is 1.35 bits per heavy atom. The average Bonchev–Trinajstić information content (AvgIpc) is 2.29. The lowest BCUT2D eigenvalue weighted by Gasteiger charge is -2.26. The van der Waals surface area contributed by atoms with Crippen molar-refractivity contribution in [3.05, 3.63) is 35.4 Å². The summed E-state index contributed by atoms with van der Waals surface area (Å²) in [7, 11) is 0. The molecule has 0 heterocycles. The van der Waals surface area contributed by atoms with Crippen molar-refractivity contribution in [2.24, 2.45) is 5.41 Å². The summed E-state index contributed by atoms with van der Waals surface area (Å²) in [6.07, 6.45) is 1.35. The third-order valence-corrected chi connectivity index (χ3v) is 3.70. The van der Waals surface area contributed by atoms with E-state index in [-0.39, 0.29) is 5.92 Å². The van der Waals surface area contributed by atoms with E-state index in [0.29, 0.717) is 12.8 Å². The first-order chi connectivity index (χ1) is 7.89. The largest absolute Gasteiger partial charge is 0.481 e. The molecule has 0 saturated carbocycles. The highest BCUT2D eigenvalue weighted by atomic mass is 16.4. The van der Waals surface area contributed by atoms with Crippen molar-refractivity contribution in [2.45, 2.75) is 46.5 Å². The molecule has 1 aromatic rings. The second-order valence-corrected chi connectivity index (χ2v) is 5.24. The van der Waals surface area contributed by atoms with E-state index in [9.17, 15) is 9.90 Å². The minimum absolute atomic E-state index is 0.275. The van der Waals surface area contributed by atoms with Crippen LogP contribution in [0.3, 0.4) is 0 Å². The molecule has 0 aliphatic heterocycles. The molecule has 17 heavy (non-hydrogen) atoms. The maximum Gasteiger partial charge on any atom is 0.309 e. The Balaban J connectivity index is 2.81. The molecule has 0 amide bonds. The number of carbonyl (C=O) groups is 1. The van der Waals surface area contributed by atoms with Crippen molar-refractivity contribution < 1.29 is 9.90 Å². The smallest absolute Gasteiger partial charge is 0.309 e. The van der Waals surface area contributed by atoms with E-state index in [1.165, 1.54) is 11.1 Å². The number of hydrogen-bond donors (Lipinski definition) is 1. The number of carboxylic acids is 1. The van der Waals surface area contributed by atoms with Gasteiger partial charge >= 0.3 is 5.97 Å². The van der Waals surface area contributed by atoms with Crippen LogP contribution in [0.25, 0.3) is 0 Å². The third-order valence-electron chi connectivity index (χ3n) is 3.70. The summed E-state index contributed by atoms with van der Waals surface area (Å²) in [5, 5.41) is 9.27. The monoisotopic (exact) mass is 234 g/mol. The van der Waals surface area contributed by atoms with Crippen LogP contribution in [0.15, 0.2) is 24.3 Å². The molecular weight excluding hydrogens is 212 g/mol. The molecule has 2 heteroatoms. The summed E-state index contributed by atoms with van der Waals surface area (Å²) in [6.45, 7) is 7.93. The number of rotatable bonds is 5. The van der Waals surface area contributed by atoms with Crippen LogP contribution in [-0.2, 0) is 4.79 Å². The zero-order chi connectivity index (χ0) is 13.1. The van der Waals surface area contributed by atoms with Crippen LogP contribution in [0, 0.1) is 12.3 Å². The van der Waals surface area contributed by atoms with Gasteiger partial charge in [-0.1, -0.05) is 43.7 Å². The quantitative estimate of drug-likeness (QED) is 0.836. The van der Waals surface area contributed by atoms with Gasteiger partial charge in [-0.25, -0.2) is 0 Å². The Kier molecular flexibility index (Phi) is 4.33. The van der Waals surface area contributed by atoms with Gasteiger partial charge in [-0.3, -0.25) is 4.79 Å². The molecule has 0 radical (unpaired) electrons. The van der Waals surface area contributed by atoms with Crippen LogP contribution in [-0.4, -0.2) is 11.1 Å². The Labute approximate surface area is 104 Å². The lowest BCUT2D eigenvalue weighted by Crippen LogP contribution is -2.28. The molecule has 0 aliphatic rings. The SMILES string of the molecule is CCC(C)(CC(C)c1ccc(C)cc1)C(=O)O. The highest BCUT2D eigenvalue weighted by molar-refractivity contribution is 5.74. The van der Waals surface area contributed by atoms with Crippen molar-refractivity contribution in [1.29, 1.82) is 0 Å². The lowest BCUT2D eigenvalue weighted by atomic mass is 9.77. The van der Waals surface area contributed by atoms with Gasteiger partial charge in [0, 0.05) is 0 Å². The summed E-state index contributed by atoms with van der Waals surface area (Å²) < 4.78 is 0. The van der Waals surface area contributed by atoms with Gasteiger partial charge in [0.1, 0.15) is 0 Å². The molecule has 2 unspecified atom stereocenters. The van der Waals surface area contributed by atoms with Gasteiger partial charge in [0.25, 0.3) is 0 Å². The van der Waals surface area contributed by atoms with Gasteiger partial charge < -0.3 is 5.11 Å². The molecule has 1 rings (SSSR count). The minimum Gasteiger partial charge on any atom is -0.481 e. The summed E-state index contributed by atoms with van der Waals surface area (Å²) >= 11 is 0. The van der Waals surface area contributed by atoms with Crippen molar-refractivity contribution in [3.8, 4) is 0 Å². The van der Waals surface area contributed by atoms with Crippen LogP contribution >= 0.6 is 0 Å². The Bertz CT molecular complexity index is 380. The predicted molar refractivity (Wildman–Crippen MR) is 70.2 cm³/mol. The predicted octanol–water partition coefficient (Wildman–Crippen LogP) is 3.99. The molecule has 0 saturated heterocycles. The van der Waals surface area contributed by atoms with Gasteiger partial charge in [-0.2, -0.15) is 0 Å². The molecule has 1 N–H and O–H groups in total. The zero-order valence-corrected chi connectivity index (χ0v) is 11.2. The van der Waals surface area contributed by atoms with E-state index in [2.05, 4.69) is 38.1 Å². The Morgan fingerprint density at radius 2 is 1.88 bits per heavy atom. The third kappa shape index (κ3) is 3.32. The van der Waals surface area contributed by atoms with Crippen LogP contribution < -0.4 is 0 Å². The highest BCUT2D eigenvalue weighted by Crippen LogP contribution is 2.34. The molecule has 0 aliphatic carbocycles. The molecule has 0 aromatic heterocycles. The summed E-state index contributed by atoms with van der Waals surface area (Å²) in [6, 6.07) is 8.35. The number of hydrogen-bond acceptors (Lipinski definition) is 1. The van der Waals surface area contributed by atoms with E-state index < -0.39 is 11.4 Å². The van der Waals surface area contributed by atoms with Crippen LogP contribution in [0.4, 0.5) is 0 Å². The fourth-order valence-electron chi connectivity index (χ4n) is 2.07. The van der Waals surface area contributed by atoms with Gasteiger partial charge in [0.2, 0.25) is 0 Å². The standard InChI is InChI=1S/C15H22O2/c1-5-15(4,14(16)17)10-12(3)13-8-6-11(2)7-9-13/h6-9,12H,5,10H2,1-4H3,(H,16,17). The maximum absolute atomic E-state index is 11.3. The molecule has 1 aromatic carbocycles. The molecule has 0 bridgehead atoms. The van der Waals surface area contributed by atoms with Crippen LogP contribution in [0.2, 0.25) is 0 Å². The van der Waals surface area contributed by atoms with Gasteiger partial charge in [0.15, 0.2) is 0 Å². The fraction of sp³-hybridized carbons (Fsp3) is 0.533. The summed E-state index contributed by atoms with van der Waals surface area (Å²) in [5.41, 5.74) is 1.83. The number of carboxylic acid groups (broad SMARTS) is 1. The molecule has 94 valence electrons. The zero-order valence-electron chi connectivity index (χ0n) is 11.2. The Morgan fingerprint density at radius 3 is 2.29 bits per heavy atom. The van der Waals surface area contributed by atoms with Gasteiger partial charge in [-0.05, 0) is 38.2 Å². The molecule has 0 fully saturated rings. The lowest BCUT2D eigenvalue weighted by molar-refractivity contribution is -0.148. The van der Waals surface area contributed by atoms with Crippen molar-refractivity contribution in [1.82, 2.24) is 0 Å². The van der Waals surface area contributed by atoms with Gasteiger partial charge in [0.05, 0.1) is 5.41 Å². The molecule has 0 spiro atoms. The molecular formula is C15H22O2. The minimum atomic E-state index is -0.695. The van der Waals surface area contributed by atoms with Crippen LogP contribution in [0.1, 0.15) is 50.7 Å². The number of aryl methyl sites for hydroxylation is 1. The van der Waals surface area contributed by atoms with Crippen molar-refractivity contribution in [3.63, 3.8) is 0 Å². The summed E-state index contributed by atoms with van der Waals surface area (Å²) in [4.78, 5) is 11.3. The van der Waals surface area contributed by atoms with Gasteiger partial charge in [-0.15, -0.1) is 0 Å². The Hall–Kier alpha value is -1.31.